The summed E-state index contributed by atoms with van der Waals surface area (Å²) >= 11 is 0. The number of nitrogens with zero attached hydrogens (tertiary/aromatic N) is 2. The molecule has 3 aromatic rings. The van der Waals surface area contributed by atoms with Gasteiger partial charge in [-0.1, -0.05) is 42.5 Å². The van der Waals surface area contributed by atoms with Crippen molar-refractivity contribution in [3.05, 3.63) is 96.7 Å². The number of aromatic hydroxyl groups is 1. The molecule has 1 aromatic heterocycles. The fourth-order valence-electron chi connectivity index (χ4n) is 8.11. The lowest BCUT2D eigenvalue weighted by Gasteiger charge is -2.64. The molecule has 4 atom stereocenters. The third kappa shape index (κ3) is 2.43. The van der Waals surface area contributed by atoms with E-state index >= 15 is 0 Å². The van der Waals surface area contributed by atoms with Gasteiger partial charge in [0.1, 0.15) is 5.60 Å². The lowest BCUT2D eigenvalue weighted by molar-refractivity contribution is -0.197. The van der Waals surface area contributed by atoms with Gasteiger partial charge in [0.2, 0.25) is 0 Å². The molecule has 3 heterocycles. The van der Waals surface area contributed by atoms with E-state index in [-0.39, 0.29) is 17.9 Å². The van der Waals surface area contributed by atoms with Gasteiger partial charge in [-0.25, -0.2) is 0 Å². The second-order valence-electron chi connectivity index (χ2n) is 10.6. The van der Waals surface area contributed by atoms with E-state index in [1.54, 1.807) is 6.07 Å². The fraction of sp³-hybridized carbons (Fsp3) is 0.355. The first-order valence-corrected chi connectivity index (χ1v) is 12.9. The van der Waals surface area contributed by atoms with Gasteiger partial charge >= 0.3 is 0 Å². The Morgan fingerprint density at radius 3 is 2.72 bits per heavy atom. The minimum absolute atomic E-state index is 0.160. The number of likely N-dealkylation sites (tertiary alicyclic amines) is 1. The average molecular weight is 481 g/mol. The summed E-state index contributed by atoms with van der Waals surface area (Å²) in [6, 6.07) is 12.7. The van der Waals surface area contributed by atoms with E-state index in [4.69, 9.17) is 9.47 Å². The predicted molar refractivity (Wildman–Crippen MR) is 142 cm³/mol. The van der Waals surface area contributed by atoms with Crippen LogP contribution in [0.5, 0.6) is 11.5 Å². The van der Waals surface area contributed by atoms with Crippen LogP contribution >= 0.6 is 0 Å². The van der Waals surface area contributed by atoms with Crippen LogP contribution in [0, 0.1) is 0 Å². The monoisotopic (exact) mass is 480 g/mol. The normalized spacial score (nSPS) is 29.3. The standard InChI is InChI=1S/C31H32N2O3/c1-4-14-32-16-13-30-26-20-11-12-24(34)28(26)36-29(30)27-22(19-31(30,25(32)18-20)35-17-6-3)21-9-7-8-10-23(21)33(27)15-5-2/h4-12,25,29,34H,1-3,13-19H2/t25-,29-,30-,31+/m0/s1. The second-order valence-corrected chi connectivity index (χ2v) is 10.6. The number of phenolic OH excluding ortho intramolecular Hbond substituents is 1. The Morgan fingerprint density at radius 1 is 1.08 bits per heavy atom. The molecule has 1 spiro atoms. The molecule has 2 aromatic carbocycles. The maximum atomic E-state index is 11.0. The molecule has 7 rings (SSSR count). The molecule has 184 valence electrons. The zero-order chi connectivity index (χ0) is 24.7. The van der Waals surface area contributed by atoms with Gasteiger partial charge in [0.05, 0.1) is 17.7 Å². The number of allylic oxidation sites excluding steroid dienone is 1. The molecule has 0 unspecified atom stereocenters. The largest absolute Gasteiger partial charge is 0.504 e. The first-order valence-electron chi connectivity index (χ1n) is 12.9. The van der Waals surface area contributed by atoms with E-state index in [2.05, 4.69) is 59.5 Å². The molecule has 4 aliphatic rings. The molecule has 0 radical (unpaired) electrons. The van der Waals surface area contributed by atoms with E-state index in [9.17, 15) is 5.11 Å². The van der Waals surface area contributed by atoms with E-state index < -0.39 is 11.0 Å². The average Bonchev–Trinajstić information content (AvgIpc) is 3.39. The Bertz CT molecular complexity index is 1440. The van der Waals surface area contributed by atoms with Crippen LogP contribution < -0.4 is 4.74 Å². The van der Waals surface area contributed by atoms with E-state index in [0.29, 0.717) is 18.9 Å². The molecule has 5 heteroatoms. The summed E-state index contributed by atoms with van der Waals surface area (Å²) in [5, 5.41) is 12.3. The van der Waals surface area contributed by atoms with Crippen molar-refractivity contribution < 1.29 is 14.6 Å². The summed E-state index contributed by atoms with van der Waals surface area (Å²) in [6.07, 6.45) is 8.09. The number of phenols is 1. The summed E-state index contributed by atoms with van der Waals surface area (Å²) in [4.78, 5) is 2.54. The van der Waals surface area contributed by atoms with Gasteiger partial charge in [0.15, 0.2) is 17.6 Å². The number of benzene rings is 2. The van der Waals surface area contributed by atoms with Gasteiger partial charge in [-0.15, -0.1) is 19.7 Å². The van der Waals surface area contributed by atoms with Crippen molar-refractivity contribution in [1.82, 2.24) is 9.47 Å². The summed E-state index contributed by atoms with van der Waals surface area (Å²) in [5.74, 6) is 0.859. The van der Waals surface area contributed by atoms with Crippen molar-refractivity contribution in [2.24, 2.45) is 0 Å². The van der Waals surface area contributed by atoms with Crippen LogP contribution in [0.1, 0.15) is 34.9 Å². The summed E-state index contributed by atoms with van der Waals surface area (Å²) in [5.41, 5.74) is 5.18. The van der Waals surface area contributed by atoms with Gasteiger partial charge < -0.3 is 19.1 Å². The summed E-state index contributed by atoms with van der Waals surface area (Å²) in [6.45, 7) is 15.0. The maximum absolute atomic E-state index is 11.0. The van der Waals surface area contributed by atoms with Crippen LogP contribution in [0.2, 0.25) is 0 Å². The van der Waals surface area contributed by atoms with Crippen LogP contribution in [0.25, 0.3) is 10.9 Å². The molecule has 36 heavy (non-hydrogen) atoms. The number of para-hydroxylation sites is 1. The van der Waals surface area contributed by atoms with Crippen LogP contribution in [-0.4, -0.2) is 45.9 Å². The van der Waals surface area contributed by atoms with E-state index in [0.717, 1.165) is 37.9 Å². The Kier molecular flexibility index (Phi) is 4.64. The zero-order valence-corrected chi connectivity index (χ0v) is 20.6. The van der Waals surface area contributed by atoms with Gasteiger partial charge in [0.25, 0.3) is 0 Å². The third-order valence-corrected chi connectivity index (χ3v) is 9.24. The summed E-state index contributed by atoms with van der Waals surface area (Å²) in [7, 11) is 0. The van der Waals surface area contributed by atoms with Crippen molar-refractivity contribution in [2.75, 3.05) is 19.7 Å². The molecule has 2 aliphatic carbocycles. The Hall–Kier alpha value is -3.28. The molecule has 0 saturated carbocycles. The molecule has 2 bridgehead atoms. The molecular formula is C31H32N2O3. The van der Waals surface area contributed by atoms with Crippen molar-refractivity contribution in [1.29, 1.82) is 0 Å². The fourth-order valence-corrected chi connectivity index (χ4v) is 8.11. The smallest absolute Gasteiger partial charge is 0.166 e. The SMILES string of the molecule is C=CCO[C@@]12Cc3c(n(CC=C)c4ccccc34)[C@@H]3Oc4c(O)ccc5c4[C@@]31CCN(CC=C)[C@H]2C5. The second kappa shape index (κ2) is 7.61. The van der Waals surface area contributed by atoms with Gasteiger partial charge in [-0.2, -0.15) is 0 Å². The van der Waals surface area contributed by atoms with E-state index in [1.165, 1.54) is 27.7 Å². The number of fused-ring (bicyclic) bond motifs is 4. The lowest BCUT2D eigenvalue weighted by atomic mass is 9.48. The van der Waals surface area contributed by atoms with Crippen LogP contribution in [0.15, 0.2) is 74.4 Å². The highest BCUT2D eigenvalue weighted by molar-refractivity contribution is 5.87. The zero-order valence-electron chi connectivity index (χ0n) is 20.6. The van der Waals surface area contributed by atoms with E-state index in [1.807, 2.05) is 18.2 Å². The quantitative estimate of drug-likeness (QED) is 0.471. The van der Waals surface area contributed by atoms with Crippen molar-refractivity contribution in [3.8, 4) is 11.5 Å². The topological polar surface area (TPSA) is 46.9 Å². The minimum Gasteiger partial charge on any atom is -0.504 e. The highest BCUT2D eigenvalue weighted by Crippen LogP contribution is 2.70. The highest BCUT2D eigenvalue weighted by atomic mass is 16.5. The Labute approximate surface area is 211 Å². The van der Waals surface area contributed by atoms with Gasteiger partial charge in [0, 0.05) is 48.6 Å². The molecule has 5 nitrogen and oxygen atoms in total. The maximum Gasteiger partial charge on any atom is 0.166 e. The predicted octanol–water partition coefficient (Wildman–Crippen LogP) is 5.22. The van der Waals surface area contributed by atoms with Crippen molar-refractivity contribution in [3.63, 3.8) is 0 Å². The van der Waals surface area contributed by atoms with Gasteiger partial charge in [-0.05, 0) is 36.1 Å². The first-order chi connectivity index (χ1) is 17.6. The minimum atomic E-state index is -0.519. The van der Waals surface area contributed by atoms with Crippen LogP contribution in [0.4, 0.5) is 0 Å². The van der Waals surface area contributed by atoms with Crippen molar-refractivity contribution >= 4 is 10.9 Å². The molecule has 1 saturated heterocycles. The Morgan fingerprint density at radius 2 is 1.92 bits per heavy atom. The molecule has 2 aliphatic heterocycles. The number of ether oxygens (including phenoxy) is 2. The van der Waals surface area contributed by atoms with Crippen LogP contribution in [-0.2, 0) is 29.5 Å². The van der Waals surface area contributed by atoms with Crippen molar-refractivity contribution in [2.45, 2.75) is 49.0 Å². The molecule has 0 amide bonds. The number of hydrogen-bond donors (Lipinski definition) is 1. The number of piperidine rings is 1. The third-order valence-electron chi connectivity index (χ3n) is 9.24. The number of rotatable bonds is 7. The number of aromatic nitrogens is 1. The Balaban J connectivity index is 1.60. The first kappa shape index (κ1) is 22.0. The summed E-state index contributed by atoms with van der Waals surface area (Å²) < 4.78 is 16.3. The highest BCUT2D eigenvalue weighted by Gasteiger charge is 2.74. The lowest BCUT2D eigenvalue weighted by Crippen LogP contribution is -2.75. The molecule has 1 N–H and O–H groups in total. The van der Waals surface area contributed by atoms with Crippen LogP contribution in [0.3, 0.4) is 0 Å². The molecule has 1 fully saturated rings. The number of hydrogen-bond acceptors (Lipinski definition) is 4. The van der Waals surface area contributed by atoms with Gasteiger partial charge in [-0.3, -0.25) is 4.90 Å². The molecular weight excluding hydrogens is 448 g/mol.